The maximum Gasteiger partial charge on any atom is 0.335 e. The predicted octanol–water partition coefficient (Wildman–Crippen LogP) is 1.00. The minimum atomic E-state index is -1.82. The van der Waals surface area contributed by atoms with Crippen LogP contribution in [0.25, 0.3) is 0 Å². The lowest BCUT2D eigenvalue weighted by Crippen LogP contribution is -2.61. The van der Waals surface area contributed by atoms with Crippen molar-refractivity contribution in [1.29, 1.82) is 0 Å². The Bertz CT molecular complexity index is 1020. The number of aliphatic hydroxyl groups is 3. The van der Waals surface area contributed by atoms with Gasteiger partial charge in [0.25, 0.3) is 0 Å². The van der Waals surface area contributed by atoms with Crippen molar-refractivity contribution in [3.63, 3.8) is 0 Å². The predicted molar refractivity (Wildman–Crippen MR) is 143 cm³/mol. The van der Waals surface area contributed by atoms with Gasteiger partial charge in [0, 0.05) is 32.2 Å². The monoisotopic (exact) mass is 590 g/mol. The number of amides is 2. The largest absolute Gasteiger partial charge is 0.479 e. The third-order valence-corrected chi connectivity index (χ3v) is 8.70. The van der Waals surface area contributed by atoms with Crippen molar-refractivity contribution in [1.82, 2.24) is 10.2 Å². The molecule has 14 heteroatoms. The first-order valence-electron chi connectivity index (χ1n) is 13.2. The number of piperazine rings is 1. The Balaban J connectivity index is 1.28. The number of carbonyl (C=O) groups excluding carboxylic acids is 1. The van der Waals surface area contributed by atoms with Crippen LogP contribution in [0.1, 0.15) is 32.1 Å². The van der Waals surface area contributed by atoms with Gasteiger partial charge in [-0.15, -0.1) is 0 Å². The molecule has 12 nitrogen and oxygen atoms in total. The second-order valence-electron chi connectivity index (χ2n) is 10.4. The summed E-state index contributed by atoms with van der Waals surface area (Å²) in [6.07, 6.45) is -3.45. The van der Waals surface area contributed by atoms with E-state index >= 15 is 0 Å². The second kappa shape index (κ2) is 13.1. The maximum atomic E-state index is 11.3. The molecule has 5 atom stereocenters. The average Bonchev–Trinajstić information content (AvgIpc) is 2.91. The third kappa shape index (κ3) is 7.18. The number of carboxylic acids is 1. The van der Waals surface area contributed by atoms with Crippen LogP contribution in [-0.2, 0) is 9.53 Å². The van der Waals surface area contributed by atoms with E-state index in [0.29, 0.717) is 5.92 Å². The van der Waals surface area contributed by atoms with E-state index in [2.05, 4.69) is 15.1 Å². The maximum absolute atomic E-state index is 11.3. The number of halogens is 2. The zero-order valence-electron chi connectivity index (χ0n) is 21.4. The third-order valence-electron chi connectivity index (χ3n) is 7.84. The minimum absolute atomic E-state index is 0.0431. The van der Waals surface area contributed by atoms with E-state index in [-0.39, 0.29) is 21.8 Å². The molecular weight excluding hydrogens is 555 g/mol. The molecule has 1 saturated carbocycles. The molecular formula is C25H36Cl2N4O8. The number of nitrogens with one attached hydrogen (secondary N) is 1. The molecule has 0 bridgehead atoms. The lowest BCUT2D eigenvalue weighted by Gasteiger charge is -2.39. The Kier molecular flexibility index (Phi) is 10.0. The topological polar surface area (TPSA) is 178 Å². The van der Waals surface area contributed by atoms with Crippen LogP contribution in [0.5, 0.6) is 5.75 Å². The summed E-state index contributed by atoms with van der Waals surface area (Å²) in [4.78, 5) is 26.9. The Hall–Kier alpha value is -2.06. The zero-order valence-corrected chi connectivity index (χ0v) is 22.9. The lowest BCUT2D eigenvalue weighted by atomic mass is 9.84. The zero-order chi connectivity index (χ0) is 28.3. The van der Waals surface area contributed by atoms with Gasteiger partial charge >= 0.3 is 12.0 Å². The fraction of sp³-hybridized carbons (Fsp3) is 0.680. The Morgan fingerprint density at radius 2 is 1.67 bits per heavy atom. The van der Waals surface area contributed by atoms with E-state index in [9.17, 15) is 30.0 Å². The number of anilines is 1. The SMILES string of the molecule is NC(=O)NC1CCC(CCN2CCN(c3ccc(OC4O[C@H](C(=O)O)[C@@H](O)[C@H](O)[C@H]4O)c(Cl)c3Cl)CC2)CC1. The molecule has 2 aliphatic heterocycles. The molecule has 0 radical (unpaired) electrons. The molecule has 2 amide bonds. The van der Waals surface area contributed by atoms with Gasteiger partial charge < -0.3 is 45.9 Å². The lowest BCUT2D eigenvalue weighted by molar-refractivity contribution is -0.271. The fourth-order valence-electron chi connectivity index (χ4n) is 5.51. The number of nitrogens with two attached hydrogens (primary N) is 1. The number of primary amides is 1. The molecule has 3 fully saturated rings. The van der Waals surface area contributed by atoms with Crippen molar-refractivity contribution >= 4 is 40.9 Å². The first-order chi connectivity index (χ1) is 18.5. The summed E-state index contributed by atoms with van der Waals surface area (Å²) in [6, 6.07) is 3.01. The Labute approximate surface area is 236 Å². The number of carboxylic acid groups (broad SMARTS) is 1. The van der Waals surface area contributed by atoms with Gasteiger partial charge in [-0.3, -0.25) is 4.90 Å². The highest BCUT2D eigenvalue weighted by atomic mass is 35.5. The van der Waals surface area contributed by atoms with Crippen LogP contribution in [-0.4, -0.2) is 107 Å². The first-order valence-corrected chi connectivity index (χ1v) is 13.9. The standard InChI is InChI=1S/C25H36Cl2N4O8/c26-17-15(5-6-16(18(17)27)38-24-21(34)19(32)20(33)22(39-24)23(35)36)31-11-9-30(10-12-31)8-7-13-1-3-14(4-2-13)29-25(28)37/h5-6,13-14,19-22,24,32-34H,1-4,7-12H2,(H,35,36)(H3,28,29,37)/t13?,14?,19-,20-,21+,22-,24?/m0/s1. The number of ether oxygens (including phenoxy) is 2. The summed E-state index contributed by atoms with van der Waals surface area (Å²) < 4.78 is 10.7. The molecule has 1 aliphatic carbocycles. The van der Waals surface area contributed by atoms with Gasteiger partial charge in [0.2, 0.25) is 6.29 Å². The summed E-state index contributed by atoms with van der Waals surface area (Å²) in [5, 5.41) is 42.4. The van der Waals surface area contributed by atoms with Crippen molar-refractivity contribution in [3.8, 4) is 5.75 Å². The number of hydrogen-bond donors (Lipinski definition) is 6. The minimum Gasteiger partial charge on any atom is -0.479 e. The normalized spacial score (nSPS) is 32.0. The average molecular weight is 591 g/mol. The molecule has 4 rings (SSSR count). The van der Waals surface area contributed by atoms with E-state index in [1.54, 1.807) is 12.1 Å². The molecule has 1 aromatic carbocycles. The highest BCUT2D eigenvalue weighted by Gasteiger charge is 2.48. The van der Waals surface area contributed by atoms with Crippen molar-refractivity contribution in [2.24, 2.45) is 11.7 Å². The van der Waals surface area contributed by atoms with Crippen LogP contribution in [0.15, 0.2) is 12.1 Å². The number of aliphatic carboxylic acids is 1. The van der Waals surface area contributed by atoms with Crippen molar-refractivity contribution < 1.29 is 39.5 Å². The summed E-state index contributed by atoms with van der Waals surface area (Å²) in [7, 11) is 0. The summed E-state index contributed by atoms with van der Waals surface area (Å²) >= 11 is 13.0. The molecule has 1 aromatic rings. The highest BCUT2D eigenvalue weighted by molar-refractivity contribution is 6.44. The van der Waals surface area contributed by atoms with Gasteiger partial charge in [-0.05, 0) is 56.7 Å². The second-order valence-corrected chi connectivity index (χ2v) is 11.2. The van der Waals surface area contributed by atoms with Gasteiger partial charge in [-0.2, -0.15) is 0 Å². The Morgan fingerprint density at radius 3 is 2.28 bits per heavy atom. The van der Waals surface area contributed by atoms with Gasteiger partial charge in [0.15, 0.2) is 6.10 Å². The number of rotatable bonds is 8. The van der Waals surface area contributed by atoms with E-state index in [1.807, 2.05) is 0 Å². The van der Waals surface area contributed by atoms with Crippen LogP contribution in [0.3, 0.4) is 0 Å². The van der Waals surface area contributed by atoms with Crippen molar-refractivity contribution in [2.75, 3.05) is 37.6 Å². The van der Waals surface area contributed by atoms with E-state index in [0.717, 1.165) is 70.5 Å². The van der Waals surface area contributed by atoms with E-state index in [1.165, 1.54) is 0 Å². The van der Waals surface area contributed by atoms with Crippen LogP contribution in [0, 0.1) is 5.92 Å². The first kappa shape index (κ1) is 29.9. The van der Waals surface area contributed by atoms with Crippen LogP contribution >= 0.6 is 23.2 Å². The van der Waals surface area contributed by atoms with Gasteiger partial charge in [0.1, 0.15) is 29.1 Å². The number of aliphatic hydroxyl groups excluding tert-OH is 3. The van der Waals surface area contributed by atoms with Gasteiger partial charge in [-0.1, -0.05) is 23.2 Å². The number of benzene rings is 1. The summed E-state index contributed by atoms with van der Waals surface area (Å²) in [6.45, 7) is 4.24. The van der Waals surface area contributed by atoms with Gasteiger partial charge in [-0.25, -0.2) is 9.59 Å². The van der Waals surface area contributed by atoms with Crippen molar-refractivity contribution in [2.45, 2.75) is 68.9 Å². The van der Waals surface area contributed by atoms with Crippen LogP contribution in [0.4, 0.5) is 10.5 Å². The van der Waals surface area contributed by atoms with Crippen LogP contribution < -0.4 is 20.7 Å². The smallest absolute Gasteiger partial charge is 0.335 e. The molecule has 1 unspecified atom stereocenters. The van der Waals surface area contributed by atoms with E-state index in [4.69, 9.17) is 38.4 Å². The molecule has 7 N–H and O–H groups in total. The number of carbonyl (C=O) groups is 2. The molecule has 2 saturated heterocycles. The molecule has 39 heavy (non-hydrogen) atoms. The summed E-state index contributed by atoms with van der Waals surface area (Å²) in [5.41, 5.74) is 5.95. The molecule has 0 aromatic heterocycles. The molecule has 2 heterocycles. The summed E-state index contributed by atoms with van der Waals surface area (Å²) in [5.74, 6) is -0.816. The fourth-order valence-corrected chi connectivity index (χ4v) is 5.99. The van der Waals surface area contributed by atoms with E-state index < -0.39 is 42.7 Å². The Morgan fingerprint density at radius 1 is 1.00 bits per heavy atom. The van der Waals surface area contributed by atoms with Crippen LogP contribution in [0.2, 0.25) is 10.0 Å². The molecule has 3 aliphatic rings. The highest BCUT2D eigenvalue weighted by Crippen LogP contribution is 2.41. The number of nitrogens with zero attached hydrogens (tertiary/aromatic N) is 2. The molecule has 218 valence electrons. The number of urea groups is 1. The quantitative estimate of drug-likeness (QED) is 0.256. The molecule has 0 spiro atoms. The van der Waals surface area contributed by atoms with Crippen molar-refractivity contribution in [3.05, 3.63) is 22.2 Å². The number of hydrogen-bond acceptors (Lipinski definition) is 9. The van der Waals surface area contributed by atoms with Gasteiger partial charge in [0.05, 0.1) is 10.7 Å².